The highest BCUT2D eigenvalue weighted by molar-refractivity contribution is 7.99. The van der Waals surface area contributed by atoms with Crippen molar-refractivity contribution in [3.05, 3.63) is 59.1 Å². The van der Waals surface area contributed by atoms with Crippen molar-refractivity contribution in [3.8, 4) is 0 Å². The predicted molar refractivity (Wildman–Crippen MR) is 111 cm³/mol. The van der Waals surface area contributed by atoms with Crippen molar-refractivity contribution in [1.82, 2.24) is 4.90 Å². The summed E-state index contributed by atoms with van der Waals surface area (Å²) in [4.78, 5) is 16.3. The summed E-state index contributed by atoms with van der Waals surface area (Å²) in [6.45, 7) is 4.71. The van der Waals surface area contributed by atoms with Gasteiger partial charge in [-0.15, -0.1) is 11.8 Å². The molecule has 0 aliphatic carbocycles. The van der Waals surface area contributed by atoms with Crippen LogP contribution in [-0.2, 0) is 11.3 Å². The Morgan fingerprint density at radius 2 is 2.00 bits per heavy atom. The van der Waals surface area contributed by atoms with Gasteiger partial charge >= 0.3 is 0 Å². The van der Waals surface area contributed by atoms with Crippen LogP contribution in [0.1, 0.15) is 25.3 Å². The lowest BCUT2D eigenvalue weighted by molar-refractivity contribution is -0.121. The number of thioether (sulfide) groups is 1. The molecular formula is C21H25ClN2OS. The second kappa shape index (κ2) is 9.45. The molecule has 0 bridgehead atoms. The molecule has 0 aromatic heterocycles. The van der Waals surface area contributed by atoms with Gasteiger partial charge in [-0.2, -0.15) is 0 Å². The number of nitrogens with zero attached hydrogens (tertiary/aromatic N) is 1. The fourth-order valence-corrected chi connectivity index (χ4v) is 4.32. The maximum atomic E-state index is 12.8. The van der Waals surface area contributed by atoms with Gasteiger partial charge in [0.15, 0.2) is 0 Å². The van der Waals surface area contributed by atoms with Crippen LogP contribution in [0.3, 0.4) is 0 Å². The smallest absolute Gasteiger partial charge is 0.228 e. The topological polar surface area (TPSA) is 32.3 Å². The van der Waals surface area contributed by atoms with E-state index in [0.29, 0.717) is 0 Å². The van der Waals surface area contributed by atoms with Crippen LogP contribution in [0.2, 0.25) is 5.02 Å². The van der Waals surface area contributed by atoms with E-state index in [0.717, 1.165) is 59.4 Å². The third-order valence-corrected chi connectivity index (χ3v) is 6.00. The summed E-state index contributed by atoms with van der Waals surface area (Å²) in [6, 6.07) is 16.0. The van der Waals surface area contributed by atoms with Crippen molar-refractivity contribution in [1.29, 1.82) is 0 Å². The predicted octanol–water partition coefficient (Wildman–Crippen LogP) is 5.30. The van der Waals surface area contributed by atoms with Crippen molar-refractivity contribution in [2.24, 2.45) is 5.92 Å². The van der Waals surface area contributed by atoms with E-state index in [1.165, 1.54) is 0 Å². The fourth-order valence-electron chi connectivity index (χ4n) is 3.37. The number of halogens is 1. The van der Waals surface area contributed by atoms with E-state index in [-0.39, 0.29) is 11.8 Å². The van der Waals surface area contributed by atoms with Crippen LogP contribution < -0.4 is 5.32 Å². The molecule has 1 fully saturated rings. The second-order valence-electron chi connectivity index (χ2n) is 6.58. The number of likely N-dealkylation sites (tertiary alicyclic amines) is 1. The maximum Gasteiger partial charge on any atom is 0.228 e. The number of benzene rings is 2. The Hall–Kier alpha value is -1.49. The van der Waals surface area contributed by atoms with Crippen molar-refractivity contribution in [3.63, 3.8) is 0 Å². The van der Waals surface area contributed by atoms with Crippen LogP contribution >= 0.6 is 23.4 Å². The van der Waals surface area contributed by atoms with Crippen LogP contribution in [0.4, 0.5) is 5.69 Å². The first-order valence-corrected chi connectivity index (χ1v) is 10.5. The van der Waals surface area contributed by atoms with Gasteiger partial charge in [-0.1, -0.05) is 48.9 Å². The summed E-state index contributed by atoms with van der Waals surface area (Å²) in [6.07, 6.45) is 1.97. The molecule has 3 rings (SSSR count). The largest absolute Gasteiger partial charge is 0.325 e. The highest BCUT2D eigenvalue weighted by Gasteiger charge is 2.26. The Bertz CT molecular complexity index is 752. The van der Waals surface area contributed by atoms with Crippen LogP contribution in [0.15, 0.2) is 53.4 Å². The van der Waals surface area contributed by atoms with Crippen molar-refractivity contribution in [2.75, 3.05) is 24.2 Å². The normalized spacial score (nSPS) is 17.8. The SMILES string of the molecule is CCSc1ccccc1NC(=O)[C@H]1CCCN(Cc2ccccc2Cl)C1. The van der Waals surface area contributed by atoms with E-state index >= 15 is 0 Å². The number of carbonyl (C=O) groups is 1. The van der Waals surface area contributed by atoms with Gasteiger partial charge in [-0.3, -0.25) is 9.69 Å². The van der Waals surface area contributed by atoms with E-state index in [4.69, 9.17) is 11.6 Å². The standard InChI is InChI=1S/C21H25ClN2OS/c1-2-26-20-12-6-5-11-19(20)23-21(25)17-9-7-13-24(15-17)14-16-8-3-4-10-18(16)22/h3-6,8,10-12,17H,2,7,9,13-15H2,1H3,(H,23,25)/t17-/m0/s1. The summed E-state index contributed by atoms with van der Waals surface area (Å²) in [5.74, 6) is 1.13. The van der Waals surface area contributed by atoms with Gasteiger partial charge in [0.1, 0.15) is 0 Å². The molecule has 2 aromatic carbocycles. The number of hydrogen-bond acceptors (Lipinski definition) is 3. The van der Waals surface area contributed by atoms with E-state index in [1.807, 2.05) is 36.4 Å². The molecule has 0 radical (unpaired) electrons. The molecule has 26 heavy (non-hydrogen) atoms. The molecule has 138 valence electrons. The molecule has 0 unspecified atom stereocenters. The van der Waals surface area contributed by atoms with E-state index < -0.39 is 0 Å². The van der Waals surface area contributed by atoms with Gasteiger partial charge in [0.2, 0.25) is 5.91 Å². The number of rotatable bonds is 6. The molecule has 0 spiro atoms. The molecule has 0 saturated carbocycles. The zero-order valence-corrected chi connectivity index (χ0v) is 16.7. The van der Waals surface area contributed by atoms with E-state index in [1.54, 1.807) is 11.8 Å². The zero-order valence-electron chi connectivity index (χ0n) is 15.1. The summed E-state index contributed by atoms with van der Waals surface area (Å²) in [7, 11) is 0. The first kappa shape index (κ1) is 19.3. The molecule has 3 nitrogen and oxygen atoms in total. The molecule has 1 aliphatic heterocycles. The summed E-state index contributed by atoms with van der Waals surface area (Å²) < 4.78 is 0. The Morgan fingerprint density at radius 3 is 2.81 bits per heavy atom. The van der Waals surface area contributed by atoms with Crippen LogP contribution in [-0.4, -0.2) is 29.6 Å². The molecular weight excluding hydrogens is 364 g/mol. The number of hydrogen-bond donors (Lipinski definition) is 1. The zero-order chi connectivity index (χ0) is 18.4. The highest BCUT2D eigenvalue weighted by Crippen LogP contribution is 2.28. The number of nitrogens with one attached hydrogen (secondary N) is 1. The maximum absolute atomic E-state index is 12.8. The van der Waals surface area contributed by atoms with Crippen LogP contribution in [0.25, 0.3) is 0 Å². The third kappa shape index (κ3) is 5.03. The quantitative estimate of drug-likeness (QED) is 0.681. The first-order valence-electron chi connectivity index (χ1n) is 9.16. The highest BCUT2D eigenvalue weighted by atomic mass is 35.5. The van der Waals surface area contributed by atoms with Crippen molar-refractivity contribution in [2.45, 2.75) is 31.2 Å². The van der Waals surface area contributed by atoms with Crippen molar-refractivity contribution >= 4 is 35.0 Å². The minimum atomic E-state index is 0.0194. The number of piperidine rings is 1. The first-order chi connectivity index (χ1) is 12.7. The van der Waals surface area contributed by atoms with Crippen LogP contribution in [0.5, 0.6) is 0 Å². The number of para-hydroxylation sites is 1. The van der Waals surface area contributed by atoms with Gasteiger partial charge < -0.3 is 5.32 Å². The van der Waals surface area contributed by atoms with Gasteiger partial charge in [0.05, 0.1) is 11.6 Å². The molecule has 1 atom stereocenters. The molecule has 1 saturated heterocycles. The molecule has 1 heterocycles. The Morgan fingerprint density at radius 1 is 1.23 bits per heavy atom. The average molecular weight is 389 g/mol. The lowest BCUT2D eigenvalue weighted by Crippen LogP contribution is -2.40. The number of carbonyl (C=O) groups excluding carboxylic acids is 1. The van der Waals surface area contributed by atoms with Crippen LogP contribution in [0, 0.1) is 5.92 Å². The molecule has 5 heteroatoms. The summed E-state index contributed by atoms with van der Waals surface area (Å²) in [5.41, 5.74) is 2.05. The van der Waals surface area contributed by atoms with E-state index in [2.05, 4.69) is 29.3 Å². The lowest BCUT2D eigenvalue weighted by atomic mass is 9.96. The minimum Gasteiger partial charge on any atom is -0.325 e. The van der Waals surface area contributed by atoms with Gasteiger partial charge in [-0.25, -0.2) is 0 Å². The second-order valence-corrected chi connectivity index (χ2v) is 8.30. The fraction of sp³-hybridized carbons (Fsp3) is 0.381. The average Bonchev–Trinajstić information content (AvgIpc) is 2.66. The van der Waals surface area contributed by atoms with Gasteiger partial charge in [0.25, 0.3) is 0 Å². The molecule has 2 aromatic rings. The van der Waals surface area contributed by atoms with Gasteiger partial charge in [0, 0.05) is 23.0 Å². The Kier molecular flexibility index (Phi) is 7.00. The van der Waals surface area contributed by atoms with Gasteiger partial charge in [-0.05, 0) is 48.9 Å². The van der Waals surface area contributed by atoms with E-state index in [9.17, 15) is 4.79 Å². The third-order valence-electron chi connectivity index (χ3n) is 4.67. The minimum absolute atomic E-state index is 0.0194. The summed E-state index contributed by atoms with van der Waals surface area (Å²) in [5, 5.41) is 3.94. The summed E-state index contributed by atoms with van der Waals surface area (Å²) >= 11 is 8.04. The molecule has 1 aliphatic rings. The Labute approximate surface area is 165 Å². The van der Waals surface area contributed by atoms with Crippen molar-refractivity contribution < 1.29 is 4.79 Å². The lowest BCUT2D eigenvalue weighted by Gasteiger charge is -2.32. The number of anilines is 1. The monoisotopic (exact) mass is 388 g/mol. The molecule has 1 N–H and O–H groups in total. The molecule has 1 amide bonds. The number of amides is 1. The Balaban J connectivity index is 1.62.